The largest absolute Gasteiger partial charge is 0.379 e. The predicted octanol–water partition coefficient (Wildman–Crippen LogP) is 2.78. The monoisotopic (exact) mass is 546 g/mol. The van der Waals surface area contributed by atoms with Crippen LogP contribution in [-0.4, -0.2) is 76.2 Å². The summed E-state index contributed by atoms with van der Waals surface area (Å²) < 4.78 is 16.9. The molecule has 0 radical (unpaired) electrons. The molecule has 7 nitrogen and oxygen atoms in total. The Labute approximate surface area is 204 Å². The van der Waals surface area contributed by atoms with Gasteiger partial charge in [0.05, 0.1) is 25.4 Å². The Hall–Kier alpha value is -0.940. The fraction of sp³-hybridized carbons (Fsp3) is 0.696. The van der Waals surface area contributed by atoms with Gasteiger partial charge in [0.1, 0.15) is 0 Å². The van der Waals surface area contributed by atoms with Crippen molar-refractivity contribution in [2.75, 3.05) is 53.1 Å². The van der Waals surface area contributed by atoms with Gasteiger partial charge in [0.2, 0.25) is 0 Å². The Morgan fingerprint density at radius 2 is 2.10 bits per heavy atom. The van der Waals surface area contributed by atoms with E-state index in [9.17, 15) is 0 Å². The van der Waals surface area contributed by atoms with Gasteiger partial charge in [-0.15, -0.1) is 24.0 Å². The van der Waals surface area contributed by atoms with Crippen LogP contribution in [0.2, 0.25) is 0 Å². The molecular weight excluding hydrogens is 507 g/mol. The molecule has 0 saturated carbocycles. The van der Waals surface area contributed by atoms with Crippen molar-refractivity contribution >= 4 is 29.9 Å². The van der Waals surface area contributed by atoms with Crippen molar-refractivity contribution in [3.05, 3.63) is 35.4 Å². The number of rotatable bonds is 10. The highest BCUT2D eigenvalue weighted by Gasteiger charge is 2.17. The number of hydrogen-bond donors (Lipinski definition) is 2. The first-order valence-corrected chi connectivity index (χ1v) is 11.3. The summed E-state index contributed by atoms with van der Waals surface area (Å²) in [6.07, 6.45) is 3.85. The molecular formula is C23H39IN4O3. The summed E-state index contributed by atoms with van der Waals surface area (Å²) in [5.41, 5.74) is 2.60. The number of benzene rings is 1. The summed E-state index contributed by atoms with van der Waals surface area (Å²) in [5.74, 6) is 0.821. The highest BCUT2D eigenvalue weighted by molar-refractivity contribution is 14.0. The Balaban J connectivity index is 0.00000341. The lowest BCUT2D eigenvalue weighted by molar-refractivity contribution is -0.0212. The van der Waals surface area contributed by atoms with Gasteiger partial charge in [-0.25, -0.2) is 0 Å². The van der Waals surface area contributed by atoms with Gasteiger partial charge in [0, 0.05) is 53.0 Å². The van der Waals surface area contributed by atoms with Gasteiger partial charge in [0.25, 0.3) is 0 Å². The number of aliphatic imine (C=N–C) groups is 1. The van der Waals surface area contributed by atoms with Crippen LogP contribution >= 0.6 is 24.0 Å². The maximum atomic E-state index is 5.71. The van der Waals surface area contributed by atoms with Crippen molar-refractivity contribution in [2.24, 2.45) is 4.99 Å². The number of nitrogens with one attached hydrogen (secondary N) is 2. The van der Waals surface area contributed by atoms with E-state index in [0.717, 1.165) is 77.8 Å². The predicted molar refractivity (Wildman–Crippen MR) is 135 cm³/mol. The topological polar surface area (TPSA) is 67.4 Å². The zero-order chi connectivity index (χ0) is 21.0. The number of halogens is 1. The van der Waals surface area contributed by atoms with Crippen LogP contribution in [0.5, 0.6) is 0 Å². The molecule has 2 fully saturated rings. The van der Waals surface area contributed by atoms with Gasteiger partial charge in [-0.2, -0.15) is 0 Å². The van der Waals surface area contributed by atoms with Crippen molar-refractivity contribution in [2.45, 2.75) is 51.5 Å². The van der Waals surface area contributed by atoms with Crippen LogP contribution in [0.25, 0.3) is 0 Å². The highest BCUT2D eigenvalue weighted by atomic mass is 127. The molecule has 2 atom stereocenters. The van der Waals surface area contributed by atoms with Crippen molar-refractivity contribution < 1.29 is 14.2 Å². The molecule has 2 aliphatic heterocycles. The molecule has 0 amide bonds. The molecule has 2 saturated heterocycles. The maximum Gasteiger partial charge on any atom is 0.191 e. The Kier molecular flexibility index (Phi) is 12.7. The third-order valence-corrected chi connectivity index (χ3v) is 5.49. The minimum Gasteiger partial charge on any atom is -0.379 e. The Morgan fingerprint density at radius 1 is 1.23 bits per heavy atom. The second kappa shape index (κ2) is 15.0. The minimum atomic E-state index is 0. The second-order valence-electron chi connectivity index (χ2n) is 8.15. The highest BCUT2D eigenvalue weighted by Crippen LogP contribution is 2.13. The molecule has 0 aliphatic carbocycles. The molecule has 2 N–H and O–H groups in total. The summed E-state index contributed by atoms with van der Waals surface area (Å²) in [6.45, 7) is 9.86. The third-order valence-electron chi connectivity index (χ3n) is 5.49. The summed E-state index contributed by atoms with van der Waals surface area (Å²) in [6, 6.07) is 8.77. The summed E-state index contributed by atoms with van der Waals surface area (Å²) >= 11 is 0. The minimum absolute atomic E-state index is 0. The molecule has 0 bridgehead atoms. The van der Waals surface area contributed by atoms with E-state index in [1.54, 1.807) is 7.05 Å². The molecule has 8 heteroatoms. The van der Waals surface area contributed by atoms with Gasteiger partial charge < -0.3 is 24.8 Å². The first-order chi connectivity index (χ1) is 14.7. The number of nitrogens with zero attached hydrogens (tertiary/aromatic N) is 2. The lowest BCUT2D eigenvalue weighted by Gasteiger charge is -2.31. The molecule has 3 rings (SSSR count). The van der Waals surface area contributed by atoms with E-state index in [1.807, 2.05) is 0 Å². The van der Waals surface area contributed by atoms with Gasteiger partial charge >= 0.3 is 0 Å². The van der Waals surface area contributed by atoms with Gasteiger partial charge in [-0.05, 0) is 37.3 Å². The van der Waals surface area contributed by atoms with Gasteiger partial charge in [-0.3, -0.25) is 9.89 Å². The van der Waals surface area contributed by atoms with E-state index in [0.29, 0.717) is 18.8 Å². The Morgan fingerprint density at radius 3 is 2.87 bits per heavy atom. The molecule has 1 aromatic rings. The molecule has 2 unspecified atom stereocenters. The Bertz CT molecular complexity index is 655. The van der Waals surface area contributed by atoms with E-state index >= 15 is 0 Å². The number of ether oxygens (including phenoxy) is 3. The van der Waals surface area contributed by atoms with E-state index in [4.69, 9.17) is 14.2 Å². The van der Waals surface area contributed by atoms with Crippen LogP contribution in [-0.2, 0) is 27.3 Å². The van der Waals surface area contributed by atoms with Crippen LogP contribution in [0.1, 0.15) is 37.3 Å². The SMILES string of the molecule is CN=C(NCCCOCC1CCCO1)NCc1cccc(CN2CCOC(C)C2)c1.I. The molecule has 176 valence electrons. The maximum absolute atomic E-state index is 5.71. The van der Waals surface area contributed by atoms with E-state index in [2.05, 4.69) is 51.7 Å². The van der Waals surface area contributed by atoms with Gasteiger partial charge in [-0.1, -0.05) is 24.3 Å². The normalized spacial score (nSPS) is 22.2. The van der Waals surface area contributed by atoms with Crippen molar-refractivity contribution in [1.82, 2.24) is 15.5 Å². The summed E-state index contributed by atoms with van der Waals surface area (Å²) in [4.78, 5) is 6.78. The molecule has 2 aliphatic rings. The van der Waals surface area contributed by atoms with Crippen LogP contribution in [0.4, 0.5) is 0 Å². The average molecular weight is 546 g/mol. The quantitative estimate of drug-likeness (QED) is 0.204. The lowest BCUT2D eigenvalue weighted by atomic mass is 10.1. The third kappa shape index (κ3) is 10.0. The van der Waals surface area contributed by atoms with Crippen molar-refractivity contribution in [1.29, 1.82) is 0 Å². The summed E-state index contributed by atoms with van der Waals surface area (Å²) in [5, 5.41) is 6.76. The van der Waals surface area contributed by atoms with Crippen LogP contribution in [0.3, 0.4) is 0 Å². The standard InChI is InChI=1S/C23H38N4O3.HI/c1-19-16-27(10-13-29-19)17-21-7-3-6-20(14-21)15-26-23(24-2)25-9-5-11-28-18-22-8-4-12-30-22;/h3,6-7,14,19,22H,4-5,8-13,15-18H2,1-2H3,(H2,24,25,26);1H. The molecule has 1 aromatic carbocycles. The van der Waals surface area contributed by atoms with E-state index in [1.165, 1.54) is 11.1 Å². The smallest absolute Gasteiger partial charge is 0.191 e. The molecule has 0 spiro atoms. The number of morpholine rings is 1. The zero-order valence-electron chi connectivity index (χ0n) is 19.0. The van der Waals surface area contributed by atoms with Crippen molar-refractivity contribution in [3.8, 4) is 0 Å². The fourth-order valence-corrected chi connectivity index (χ4v) is 3.91. The molecule has 2 heterocycles. The molecule has 31 heavy (non-hydrogen) atoms. The first kappa shape index (κ1) is 26.3. The van der Waals surface area contributed by atoms with Gasteiger partial charge in [0.15, 0.2) is 5.96 Å². The first-order valence-electron chi connectivity index (χ1n) is 11.3. The van der Waals surface area contributed by atoms with Crippen molar-refractivity contribution in [3.63, 3.8) is 0 Å². The zero-order valence-corrected chi connectivity index (χ0v) is 21.3. The average Bonchev–Trinajstić information content (AvgIpc) is 3.26. The fourth-order valence-electron chi connectivity index (χ4n) is 3.91. The van der Waals surface area contributed by atoms with Crippen LogP contribution < -0.4 is 10.6 Å². The second-order valence-corrected chi connectivity index (χ2v) is 8.15. The van der Waals surface area contributed by atoms with E-state index < -0.39 is 0 Å². The molecule has 0 aromatic heterocycles. The lowest BCUT2D eigenvalue weighted by Crippen LogP contribution is -2.40. The van der Waals surface area contributed by atoms with Crippen LogP contribution in [0.15, 0.2) is 29.3 Å². The van der Waals surface area contributed by atoms with Crippen LogP contribution in [0, 0.1) is 0 Å². The number of hydrogen-bond acceptors (Lipinski definition) is 5. The summed E-state index contributed by atoms with van der Waals surface area (Å²) in [7, 11) is 1.80. The van der Waals surface area contributed by atoms with E-state index in [-0.39, 0.29) is 24.0 Å². The number of guanidine groups is 1.